The molecular weight excluding hydrogens is 180 g/mol. The number of carbonyl (C=O) groups excluding carboxylic acids is 1. The molecule has 78 valence electrons. The zero-order chi connectivity index (χ0) is 10.6. The van der Waals surface area contributed by atoms with Gasteiger partial charge in [0.2, 0.25) is 5.72 Å². The SMILES string of the molecule is CCC(=O)O[C@@]1(N)CC=CN=C1CC. The predicted octanol–water partition coefficient (Wildman–Crippen LogP) is 1.36. The maximum Gasteiger partial charge on any atom is 0.307 e. The van der Waals surface area contributed by atoms with Crippen LogP contribution >= 0.6 is 0 Å². The first-order valence-electron chi connectivity index (χ1n) is 4.85. The van der Waals surface area contributed by atoms with Crippen molar-refractivity contribution in [2.45, 2.75) is 38.8 Å². The second kappa shape index (κ2) is 4.37. The number of nitrogens with zero attached hydrogens (tertiary/aromatic N) is 1. The molecule has 0 aromatic heterocycles. The van der Waals surface area contributed by atoms with E-state index in [-0.39, 0.29) is 5.97 Å². The Kier molecular flexibility index (Phi) is 3.41. The standard InChI is InChI=1S/C10H16N2O2/c1-3-8-10(11,6-5-7-12-8)14-9(13)4-2/h5,7H,3-4,6,11H2,1-2H3/t10-/m0/s1. The molecule has 0 radical (unpaired) electrons. The van der Waals surface area contributed by atoms with E-state index in [0.717, 1.165) is 5.71 Å². The van der Waals surface area contributed by atoms with Crippen molar-refractivity contribution in [3.05, 3.63) is 12.3 Å². The van der Waals surface area contributed by atoms with Crippen molar-refractivity contribution in [3.8, 4) is 0 Å². The molecule has 0 saturated heterocycles. The fraction of sp³-hybridized carbons (Fsp3) is 0.600. The van der Waals surface area contributed by atoms with Crippen LogP contribution in [0, 0.1) is 0 Å². The normalized spacial score (nSPS) is 25.8. The summed E-state index contributed by atoms with van der Waals surface area (Å²) in [6, 6.07) is 0. The molecule has 0 fully saturated rings. The molecular formula is C10H16N2O2. The second-order valence-corrected chi connectivity index (χ2v) is 3.24. The Balaban J connectivity index is 2.77. The fourth-order valence-corrected chi connectivity index (χ4v) is 1.36. The van der Waals surface area contributed by atoms with Crippen LogP contribution in [0.25, 0.3) is 0 Å². The summed E-state index contributed by atoms with van der Waals surface area (Å²) in [7, 11) is 0. The minimum atomic E-state index is -1.02. The summed E-state index contributed by atoms with van der Waals surface area (Å²) < 4.78 is 5.19. The van der Waals surface area contributed by atoms with Crippen LogP contribution < -0.4 is 5.73 Å². The number of aliphatic imine (C=N–C) groups is 1. The predicted molar refractivity (Wildman–Crippen MR) is 54.8 cm³/mol. The van der Waals surface area contributed by atoms with E-state index in [9.17, 15) is 4.79 Å². The first kappa shape index (κ1) is 10.9. The highest BCUT2D eigenvalue weighted by molar-refractivity contribution is 5.94. The fourth-order valence-electron chi connectivity index (χ4n) is 1.36. The van der Waals surface area contributed by atoms with E-state index in [4.69, 9.17) is 10.5 Å². The number of nitrogens with two attached hydrogens (primary N) is 1. The van der Waals surface area contributed by atoms with Crippen molar-refractivity contribution in [1.82, 2.24) is 0 Å². The van der Waals surface area contributed by atoms with Crippen LogP contribution in [0.1, 0.15) is 33.1 Å². The zero-order valence-corrected chi connectivity index (χ0v) is 8.62. The molecule has 1 heterocycles. The van der Waals surface area contributed by atoms with Crippen LogP contribution in [0.3, 0.4) is 0 Å². The van der Waals surface area contributed by atoms with Gasteiger partial charge < -0.3 is 4.74 Å². The molecule has 4 nitrogen and oxygen atoms in total. The summed E-state index contributed by atoms with van der Waals surface area (Å²) >= 11 is 0. The van der Waals surface area contributed by atoms with Crippen LogP contribution in [-0.4, -0.2) is 17.4 Å². The van der Waals surface area contributed by atoms with Gasteiger partial charge in [0.25, 0.3) is 0 Å². The molecule has 0 aliphatic carbocycles. The van der Waals surface area contributed by atoms with Crippen LogP contribution in [-0.2, 0) is 9.53 Å². The monoisotopic (exact) mass is 196 g/mol. The summed E-state index contributed by atoms with van der Waals surface area (Å²) in [4.78, 5) is 15.3. The molecule has 0 amide bonds. The first-order valence-corrected chi connectivity index (χ1v) is 4.85. The third-order valence-corrected chi connectivity index (χ3v) is 2.16. The van der Waals surface area contributed by atoms with Gasteiger partial charge in [0.1, 0.15) is 0 Å². The molecule has 0 aromatic carbocycles. The molecule has 14 heavy (non-hydrogen) atoms. The van der Waals surface area contributed by atoms with E-state index < -0.39 is 5.72 Å². The van der Waals surface area contributed by atoms with E-state index >= 15 is 0 Å². The lowest BCUT2D eigenvalue weighted by Crippen LogP contribution is -2.52. The number of ether oxygens (including phenoxy) is 1. The van der Waals surface area contributed by atoms with Gasteiger partial charge in [-0.2, -0.15) is 0 Å². The average Bonchev–Trinajstić information content (AvgIpc) is 2.18. The molecule has 1 rings (SSSR count). The molecule has 2 N–H and O–H groups in total. The highest BCUT2D eigenvalue weighted by atomic mass is 16.6. The first-order chi connectivity index (χ1) is 6.62. The number of esters is 1. The molecule has 1 atom stereocenters. The van der Waals surface area contributed by atoms with Crippen LogP contribution in [0.5, 0.6) is 0 Å². The summed E-state index contributed by atoms with van der Waals surface area (Å²) in [6.07, 6.45) is 5.04. The average molecular weight is 196 g/mol. The molecule has 1 aliphatic rings. The topological polar surface area (TPSA) is 64.7 Å². The van der Waals surface area contributed by atoms with Gasteiger partial charge in [-0.15, -0.1) is 0 Å². The number of hydrogen-bond donors (Lipinski definition) is 1. The Morgan fingerprint density at radius 1 is 1.71 bits per heavy atom. The molecule has 1 aliphatic heterocycles. The Bertz CT molecular complexity index is 284. The quantitative estimate of drug-likeness (QED) is 0.547. The second-order valence-electron chi connectivity index (χ2n) is 3.24. The van der Waals surface area contributed by atoms with Gasteiger partial charge in [-0.05, 0) is 6.42 Å². The summed E-state index contributed by atoms with van der Waals surface area (Å²) in [5, 5.41) is 0. The lowest BCUT2D eigenvalue weighted by Gasteiger charge is -2.30. The van der Waals surface area contributed by atoms with Crippen LogP contribution in [0.2, 0.25) is 0 Å². The minimum Gasteiger partial charge on any atom is -0.438 e. The summed E-state index contributed by atoms with van der Waals surface area (Å²) in [6.45, 7) is 3.69. The number of hydrogen-bond acceptors (Lipinski definition) is 4. The Morgan fingerprint density at radius 2 is 2.43 bits per heavy atom. The Morgan fingerprint density at radius 3 is 3.00 bits per heavy atom. The smallest absolute Gasteiger partial charge is 0.307 e. The van der Waals surface area contributed by atoms with Crippen LogP contribution in [0.15, 0.2) is 17.3 Å². The van der Waals surface area contributed by atoms with E-state index in [1.807, 2.05) is 13.0 Å². The van der Waals surface area contributed by atoms with Gasteiger partial charge in [0.15, 0.2) is 0 Å². The largest absolute Gasteiger partial charge is 0.438 e. The number of carbonyl (C=O) groups is 1. The Hall–Kier alpha value is -1.16. The van der Waals surface area contributed by atoms with Crippen molar-refractivity contribution in [2.24, 2.45) is 10.7 Å². The molecule has 0 unspecified atom stereocenters. The lowest BCUT2D eigenvalue weighted by molar-refractivity contribution is -0.152. The molecule has 0 aromatic rings. The maximum atomic E-state index is 11.2. The third-order valence-electron chi connectivity index (χ3n) is 2.16. The van der Waals surface area contributed by atoms with E-state index in [2.05, 4.69) is 4.99 Å². The van der Waals surface area contributed by atoms with Crippen molar-refractivity contribution >= 4 is 11.7 Å². The van der Waals surface area contributed by atoms with Crippen molar-refractivity contribution in [1.29, 1.82) is 0 Å². The highest BCUT2D eigenvalue weighted by Gasteiger charge is 2.34. The Labute approximate surface area is 83.8 Å². The summed E-state index contributed by atoms with van der Waals surface area (Å²) in [5.41, 5.74) is 5.67. The van der Waals surface area contributed by atoms with Crippen molar-refractivity contribution < 1.29 is 9.53 Å². The van der Waals surface area contributed by atoms with E-state index in [1.165, 1.54) is 0 Å². The highest BCUT2D eigenvalue weighted by Crippen LogP contribution is 2.19. The van der Waals surface area contributed by atoms with E-state index in [0.29, 0.717) is 19.3 Å². The maximum absolute atomic E-state index is 11.2. The summed E-state index contributed by atoms with van der Waals surface area (Å²) in [5.74, 6) is -0.288. The third kappa shape index (κ3) is 2.20. The minimum absolute atomic E-state index is 0.288. The van der Waals surface area contributed by atoms with E-state index in [1.54, 1.807) is 13.1 Å². The molecule has 4 heteroatoms. The number of rotatable bonds is 3. The molecule has 0 saturated carbocycles. The van der Waals surface area contributed by atoms with Crippen molar-refractivity contribution in [3.63, 3.8) is 0 Å². The van der Waals surface area contributed by atoms with Crippen molar-refractivity contribution in [2.75, 3.05) is 0 Å². The van der Waals surface area contributed by atoms with Gasteiger partial charge in [-0.25, -0.2) is 0 Å². The zero-order valence-electron chi connectivity index (χ0n) is 8.62. The van der Waals surface area contributed by atoms with Gasteiger partial charge in [0, 0.05) is 19.0 Å². The van der Waals surface area contributed by atoms with Gasteiger partial charge in [0.05, 0.1) is 5.71 Å². The van der Waals surface area contributed by atoms with Crippen LogP contribution in [0.4, 0.5) is 0 Å². The van der Waals surface area contributed by atoms with Gasteiger partial charge in [-0.1, -0.05) is 19.9 Å². The van der Waals surface area contributed by atoms with Gasteiger partial charge >= 0.3 is 5.97 Å². The molecule has 0 spiro atoms. The molecule has 0 bridgehead atoms. The van der Waals surface area contributed by atoms with Gasteiger partial charge in [-0.3, -0.25) is 15.5 Å². The lowest BCUT2D eigenvalue weighted by atomic mass is 10.00.